The number of hydrogen-bond acceptors (Lipinski definition) is 6. The minimum absolute atomic E-state index is 0.154. The summed E-state index contributed by atoms with van der Waals surface area (Å²) in [7, 11) is 1.55. The molecule has 0 spiro atoms. The number of halogens is 1. The topological polar surface area (TPSA) is 109 Å². The fourth-order valence-corrected chi connectivity index (χ4v) is 3.41. The van der Waals surface area contributed by atoms with Crippen LogP contribution in [0.3, 0.4) is 0 Å². The molecule has 7 nitrogen and oxygen atoms in total. The van der Waals surface area contributed by atoms with E-state index in [0.717, 1.165) is 18.0 Å². The highest BCUT2D eigenvalue weighted by Crippen LogP contribution is 2.30. The first-order valence-electron chi connectivity index (χ1n) is 11.1. The first kappa shape index (κ1) is 25.8. The third kappa shape index (κ3) is 8.17. The van der Waals surface area contributed by atoms with Gasteiger partial charge in [-0.2, -0.15) is 0 Å². The maximum Gasteiger partial charge on any atom is 0.248 e. The molecule has 0 radical (unpaired) electrons. The number of allylic oxidation sites excluding steroid dienone is 1. The van der Waals surface area contributed by atoms with Crippen molar-refractivity contribution in [2.24, 2.45) is 0 Å². The molecule has 35 heavy (non-hydrogen) atoms. The van der Waals surface area contributed by atoms with E-state index in [9.17, 15) is 4.79 Å². The molecule has 0 aliphatic carbocycles. The number of carbonyl (C=O) groups excluding carboxylic acids is 1. The van der Waals surface area contributed by atoms with E-state index in [0.29, 0.717) is 41.6 Å². The summed E-state index contributed by atoms with van der Waals surface area (Å²) in [5, 5.41) is 14.9. The average molecular weight is 493 g/mol. The number of nitrogens with two attached hydrogens (primary N) is 1. The predicted molar refractivity (Wildman–Crippen MR) is 142 cm³/mol. The van der Waals surface area contributed by atoms with Gasteiger partial charge in [0.05, 0.1) is 12.8 Å². The molecule has 0 aliphatic heterocycles. The third-order valence-electron chi connectivity index (χ3n) is 5.12. The summed E-state index contributed by atoms with van der Waals surface area (Å²) < 4.78 is 11.2. The van der Waals surface area contributed by atoms with Gasteiger partial charge in [-0.15, -0.1) is 0 Å². The Balaban J connectivity index is 1.44. The molecule has 0 aliphatic rings. The second-order valence-electron chi connectivity index (χ2n) is 7.66. The zero-order chi connectivity index (χ0) is 25.0. The van der Waals surface area contributed by atoms with Crippen LogP contribution in [0.15, 0.2) is 78.9 Å². The van der Waals surface area contributed by atoms with Crippen molar-refractivity contribution in [3.8, 4) is 11.5 Å². The van der Waals surface area contributed by atoms with Crippen LogP contribution in [0, 0.1) is 5.41 Å². The van der Waals surface area contributed by atoms with Crippen molar-refractivity contribution in [1.29, 1.82) is 5.41 Å². The maximum atomic E-state index is 12.3. The Bertz CT molecular complexity index is 1180. The van der Waals surface area contributed by atoms with Crippen molar-refractivity contribution in [2.45, 2.75) is 6.42 Å². The van der Waals surface area contributed by atoms with Crippen LogP contribution >= 0.6 is 11.6 Å². The standard InChI is InChI=1S/C27H29ClN4O3/c1-34-26-18-21(32-27(33)13-11-24(30)22-4-2-3-5-23(22)29)10-12-25(26)35-17-16-31-15-14-19-6-8-20(28)9-7-19/h2-13,18,30-31H,14-17,29H2,1H3,(H,32,33)/b13-11+,30-24?. The van der Waals surface area contributed by atoms with E-state index in [-0.39, 0.29) is 11.6 Å². The van der Waals surface area contributed by atoms with Crippen molar-refractivity contribution >= 4 is 34.6 Å². The van der Waals surface area contributed by atoms with Gasteiger partial charge in [0.25, 0.3) is 0 Å². The molecule has 182 valence electrons. The van der Waals surface area contributed by atoms with E-state index in [1.165, 1.54) is 17.7 Å². The van der Waals surface area contributed by atoms with Crippen molar-refractivity contribution in [3.05, 3.63) is 95.0 Å². The van der Waals surface area contributed by atoms with Gasteiger partial charge in [0.15, 0.2) is 11.5 Å². The van der Waals surface area contributed by atoms with Crippen molar-refractivity contribution < 1.29 is 14.3 Å². The Kier molecular flexibility index (Phi) is 9.71. The highest BCUT2D eigenvalue weighted by Gasteiger charge is 2.08. The number of amides is 1. The normalized spacial score (nSPS) is 10.8. The van der Waals surface area contributed by atoms with E-state index in [1.54, 1.807) is 49.6 Å². The molecule has 3 rings (SSSR count). The Labute approximate surface area is 210 Å². The summed E-state index contributed by atoms with van der Waals surface area (Å²) in [6, 6.07) is 20.0. The molecule has 0 saturated carbocycles. The fourth-order valence-electron chi connectivity index (χ4n) is 3.28. The number of nitrogens with one attached hydrogen (secondary N) is 3. The van der Waals surface area contributed by atoms with E-state index in [1.807, 2.05) is 24.3 Å². The minimum Gasteiger partial charge on any atom is -0.493 e. The number of benzene rings is 3. The summed E-state index contributed by atoms with van der Waals surface area (Å²) in [6.45, 7) is 1.98. The first-order valence-corrected chi connectivity index (χ1v) is 11.5. The quantitative estimate of drug-likeness (QED) is 0.127. The lowest BCUT2D eigenvalue weighted by Gasteiger charge is -2.13. The fraction of sp³-hybridized carbons (Fsp3) is 0.185. The van der Waals surface area contributed by atoms with E-state index >= 15 is 0 Å². The lowest BCUT2D eigenvalue weighted by molar-refractivity contribution is -0.111. The number of anilines is 2. The monoisotopic (exact) mass is 492 g/mol. The molecule has 1 amide bonds. The summed E-state index contributed by atoms with van der Waals surface area (Å²) >= 11 is 5.91. The van der Waals surface area contributed by atoms with Gasteiger partial charge < -0.3 is 31.3 Å². The smallest absolute Gasteiger partial charge is 0.248 e. The molecular weight excluding hydrogens is 464 g/mol. The summed E-state index contributed by atoms with van der Waals surface area (Å²) in [5.74, 6) is 0.726. The molecule has 0 aromatic heterocycles. The largest absolute Gasteiger partial charge is 0.493 e. The molecule has 0 fully saturated rings. The number of ether oxygens (including phenoxy) is 2. The molecule has 8 heteroatoms. The first-order chi connectivity index (χ1) is 17.0. The minimum atomic E-state index is -0.370. The van der Waals surface area contributed by atoms with Crippen LogP contribution in [0.2, 0.25) is 5.02 Å². The average Bonchev–Trinajstić information content (AvgIpc) is 2.86. The second-order valence-corrected chi connectivity index (χ2v) is 8.10. The Morgan fingerprint density at radius 2 is 1.80 bits per heavy atom. The lowest BCUT2D eigenvalue weighted by atomic mass is 10.1. The summed E-state index contributed by atoms with van der Waals surface area (Å²) in [4.78, 5) is 12.3. The molecule has 5 N–H and O–H groups in total. The number of carbonyl (C=O) groups is 1. The number of methoxy groups -OCH3 is 1. The molecule has 0 unspecified atom stereocenters. The Morgan fingerprint density at radius 3 is 2.54 bits per heavy atom. The zero-order valence-electron chi connectivity index (χ0n) is 19.5. The third-order valence-corrected chi connectivity index (χ3v) is 5.38. The molecule has 0 bridgehead atoms. The second kappa shape index (κ2) is 13.2. The highest BCUT2D eigenvalue weighted by atomic mass is 35.5. The van der Waals surface area contributed by atoms with Crippen molar-refractivity contribution in [3.63, 3.8) is 0 Å². The highest BCUT2D eigenvalue weighted by molar-refractivity contribution is 6.30. The predicted octanol–water partition coefficient (Wildman–Crippen LogP) is 4.70. The lowest BCUT2D eigenvalue weighted by Crippen LogP contribution is -2.23. The Morgan fingerprint density at radius 1 is 1.03 bits per heavy atom. The Hall–Kier alpha value is -3.81. The van der Waals surface area contributed by atoms with E-state index < -0.39 is 0 Å². The van der Waals surface area contributed by atoms with Gasteiger partial charge in [-0.25, -0.2) is 0 Å². The van der Waals surface area contributed by atoms with Crippen LogP contribution in [0.4, 0.5) is 11.4 Å². The number of nitrogen functional groups attached to an aromatic ring is 1. The van der Waals surface area contributed by atoms with E-state index in [4.69, 9.17) is 32.2 Å². The van der Waals surface area contributed by atoms with Gasteiger partial charge in [-0.3, -0.25) is 4.79 Å². The van der Waals surface area contributed by atoms with Gasteiger partial charge in [0.1, 0.15) is 6.61 Å². The number of para-hydroxylation sites is 1. The van der Waals surface area contributed by atoms with Gasteiger partial charge >= 0.3 is 0 Å². The van der Waals surface area contributed by atoms with Crippen LogP contribution in [0.1, 0.15) is 11.1 Å². The summed E-state index contributed by atoms with van der Waals surface area (Å²) in [6.07, 6.45) is 3.61. The molecular formula is C27H29ClN4O3. The molecule has 0 heterocycles. The molecule has 3 aromatic carbocycles. The van der Waals surface area contributed by atoms with Gasteiger partial charge in [0, 0.05) is 40.6 Å². The SMILES string of the molecule is COc1cc(NC(=O)/C=C/C(=N)c2ccccc2N)ccc1OCCNCCc1ccc(Cl)cc1. The maximum absolute atomic E-state index is 12.3. The molecule has 0 saturated heterocycles. The van der Waals surface area contributed by atoms with Crippen LogP contribution in [0.25, 0.3) is 0 Å². The van der Waals surface area contributed by atoms with Crippen LogP contribution in [-0.4, -0.2) is 38.4 Å². The number of rotatable bonds is 12. The van der Waals surface area contributed by atoms with Crippen molar-refractivity contribution in [1.82, 2.24) is 5.32 Å². The van der Waals surface area contributed by atoms with Gasteiger partial charge in [-0.05, 0) is 54.9 Å². The van der Waals surface area contributed by atoms with Crippen LogP contribution in [-0.2, 0) is 11.2 Å². The molecule has 3 aromatic rings. The number of hydrogen-bond donors (Lipinski definition) is 4. The van der Waals surface area contributed by atoms with Crippen LogP contribution in [0.5, 0.6) is 11.5 Å². The van der Waals surface area contributed by atoms with Gasteiger partial charge in [0.2, 0.25) is 5.91 Å². The van der Waals surface area contributed by atoms with E-state index in [2.05, 4.69) is 10.6 Å². The van der Waals surface area contributed by atoms with Crippen LogP contribution < -0.4 is 25.8 Å². The van der Waals surface area contributed by atoms with Crippen molar-refractivity contribution in [2.75, 3.05) is 37.9 Å². The van der Waals surface area contributed by atoms with Gasteiger partial charge in [-0.1, -0.05) is 41.9 Å². The molecule has 0 atom stereocenters. The zero-order valence-corrected chi connectivity index (χ0v) is 20.3. The summed E-state index contributed by atoms with van der Waals surface area (Å²) in [5.41, 5.74) is 8.86.